The molecular weight excluding hydrogens is 270 g/mol. The molecule has 2 rings (SSSR count). The summed E-state index contributed by atoms with van der Waals surface area (Å²) >= 11 is 0. The molecule has 0 saturated carbocycles. The number of carbonyl (C=O) groups excluding carboxylic acids is 2. The van der Waals surface area contributed by atoms with Gasteiger partial charge in [-0.05, 0) is 14.0 Å². The number of hydrogen-bond acceptors (Lipinski definition) is 4. The molecule has 7 heteroatoms. The fourth-order valence-corrected chi connectivity index (χ4v) is 2.71. The standard InChI is InChI=1S/C14H23N5O2/c1-10-12(9-18(4)16-10)14(21)19-6-5-17(3)7-11(8-19)13(20)15-2/h9,11H,5-8H2,1-4H3,(H,15,20). The maximum Gasteiger partial charge on any atom is 0.257 e. The Morgan fingerprint density at radius 1 is 1.29 bits per heavy atom. The molecule has 0 aliphatic carbocycles. The van der Waals surface area contributed by atoms with Crippen molar-refractivity contribution in [2.45, 2.75) is 6.92 Å². The second-order valence-corrected chi connectivity index (χ2v) is 5.63. The number of aromatic nitrogens is 2. The topological polar surface area (TPSA) is 70.5 Å². The molecule has 1 atom stereocenters. The van der Waals surface area contributed by atoms with E-state index in [0.29, 0.717) is 25.2 Å². The van der Waals surface area contributed by atoms with Gasteiger partial charge < -0.3 is 15.1 Å². The number of aryl methyl sites for hydroxylation is 2. The van der Waals surface area contributed by atoms with E-state index >= 15 is 0 Å². The van der Waals surface area contributed by atoms with Gasteiger partial charge in [-0.1, -0.05) is 0 Å². The normalized spacial score (nSPS) is 20.2. The second-order valence-electron chi connectivity index (χ2n) is 5.63. The Labute approximate surface area is 124 Å². The second kappa shape index (κ2) is 6.26. The smallest absolute Gasteiger partial charge is 0.257 e. The monoisotopic (exact) mass is 293 g/mol. The molecule has 1 saturated heterocycles. The van der Waals surface area contributed by atoms with E-state index < -0.39 is 0 Å². The molecule has 1 aliphatic rings. The zero-order valence-electron chi connectivity index (χ0n) is 13.1. The SMILES string of the molecule is CNC(=O)C1CN(C)CCN(C(=O)c2cn(C)nc2C)C1. The Kier molecular flexibility index (Phi) is 4.62. The third-order valence-corrected chi connectivity index (χ3v) is 3.87. The number of likely N-dealkylation sites (N-methyl/N-ethyl adjacent to an activating group) is 1. The number of nitrogens with zero attached hydrogens (tertiary/aromatic N) is 4. The quantitative estimate of drug-likeness (QED) is 0.796. The van der Waals surface area contributed by atoms with Gasteiger partial charge in [0.2, 0.25) is 5.91 Å². The predicted octanol–water partition coefficient (Wildman–Crippen LogP) is -0.522. The molecule has 1 aromatic heterocycles. The third kappa shape index (κ3) is 3.41. The number of rotatable bonds is 2. The van der Waals surface area contributed by atoms with Crippen molar-refractivity contribution >= 4 is 11.8 Å². The van der Waals surface area contributed by atoms with E-state index in [1.165, 1.54) is 0 Å². The Bertz CT molecular complexity index is 539. The van der Waals surface area contributed by atoms with Crippen molar-refractivity contribution < 1.29 is 9.59 Å². The van der Waals surface area contributed by atoms with Crippen molar-refractivity contribution in [3.8, 4) is 0 Å². The van der Waals surface area contributed by atoms with Crippen molar-refractivity contribution in [2.75, 3.05) is 40.3 Å². The van der Waals surface area contributed by atoms with E-state index in [0.717, 1.165) is 12.2 Å². The molecule has 2 amide bonds. The van der Waals surface area contributed by atoms with E-state index in [4.69, 9.17) is 0 Å². The fraction of sp³-hybridized carbons (Fsp3) is 0.643. The Balaban J connectivity index is 2.19. The molecule has 0 radical (unpaired) electrons. The van der Waals surface area contributed by atoms with Crippen LogP contribution in [-0.4, -0.2) is 71.7 Å². The Morgan fingerprint density at radius 3 is 2.57 bits per heavy atom. The molecule has 0 bridgehead atoms. The molecule has 116 valence electrons. The lowest BCUT2D eigenvalue weighted by molar-refractivity contribution is -0.125. The van der Waals surface area contributed by atoms with Crippen LogP contribution in [0.25, 0.3) is 0 Å². The van der Waals surface area contributed by atoms with Crippen LogP contribution in [-0.2, 0) is 11.8 Å². The van der Waals surface area contributed by atoms with Gasteiger partial charge >= 0.3 is 0 Å². The molecule has 21 heavy (non-hydrogen) atoms. The molecule has 1 fully saturated rings. The average Bonchev–Trinajstić information content (AvgIpc) is 2.66. The number of amides is 2. The number of nitrogens with one attached hydrogen (secondary N) is 1. The minimum Gasteiger partial charge on any atom is -0.359 e. The summed E-state index contributed by atoms with van der Waals surface area (Å²) in [6.07, 6.45) is 1.74. The van der Waals surface area contributed by atoms with Crippen LogP contribution in [0.5, 0.6) is 0 Å². The van der Waals surface area contributed by atoms with Crippen molar-refractivity contribution in [3.05, 3.63) is 17.5 Å². The summed E-state index contributed by atoms with van der Waals surface area (Å²) in [6.45, 7) is 4.32. The first-order chi connectivity index (χ1) is 9.92. The molecule has 7 nitrogen and oxygen atoms in total. The van der Waals surface area contributed by atoms with Crippen molar-refractivity contribution in [1.82, 2.24) is 24.9 Å². The Hall–Kier alpha value is -1.89. The van der Waals surface area contributed by atoms with Crippen LogP contribution in [0, 0.1) is 12.8 Å². The average molecular weight is 293 g/mol. The zero-order chi connectivity index (χ0) is 15.6. The lowest BCUT2D eigenvalue weighted by Crippen LogP contribution is -2.41. The summed E-state index contributed by atoms with van der Waals surface area (Å²) in [6, 6.07) is 0. The first kappa shape index (κ1) is 15.5. The van der Waals surface area contributed by atoms with Crippen LogP contribution < -0.4 is 5.32 Å². The lowest BCUT2D eigenvalue weighted by Gasteiger charge is -2.23. The largest absolute Gasteiger partial charge is 0.359 e. The van der Waals surface area contributed by atoms with Crippen molar-refractivity contribution in [3.63, 3.8) is 0 Å². The van der Waals surface area contributed by atoms with Gasteiger partial charge in [-0.3, -0.25) is 14.3 Å². The fourth-order valence-electron chi connectivity index (χ4n) is 2.71. The first-order valence-electron chi connectivity index (χ1n) is 7.12. The van der Waals surface area contributed by atoms with Crippen LogP contribution in [0.1, 0.15) is 16.1 Å². The van der Waals surface area contributed by atoms with E-state index in [1.807, 2.05) is 14.0 Å². The van der Waals surface area contributed by atoms with Crippen LogP contribution >= 0.6 is 0 Å². The first-order valence-corrected chi connectivity index (χ1v) is 7.12. The highest BCUT2D eigenvalue weighted by Crippen LogP contribution is 2.14. The summed E-state index contributed by atoms with van der Waals surface area (Å²) in [5.74, 6) is -0.280. The molecule has 1 N–H and O–H groups in total. The van der Waals surface area contributed by atoms with Gasteiger partial charge in [-0.15, -0.1) is 0 Å². The minimum atomic E-state index is -0.205. The highest BCUT2D eigenvalue weighted by molar-refractivity contribution is 5.95. The van der Waals surface area contributed by atoms with Gasteiger partial charge in [0.25, 0.3) is 5.91 Å². The molecule has 2 heterocycles. The molecular formula is C14H23N5O2. The minimum absolute atomic E-state index is 0.0236. The number of hydrogen-bond donors (Lipinski definition) is 1. The van der Waals surface area contributed by atoms with Crippen molar-refractivity contribution in [2.24, 2.45) is 13.0 Å². The third-order valence-electron chi connectivity index (χ3n) is 3.87. The lowest BCUT2D eigenvalue weighted by atomic mass is 10.1. The highest BCUT2D eigenvalue weighted by atomic mass is 16.2. The van der Waals surface area contributed by atoms with Crippen molar-refractivity contribution in [1.29, 1.82) is 0 Å². The highest BCUT2D eigenvalue weighted by Gasteiger charge is 2.29. The molecule has 0 aromatic carbocycles. The predicted molar refractivity (Wildman–Crippen MR) is 78.9 cm³/mol. The maximum atomic E-state index is 12.7. The van der Waals surface area contributed by atoms with E-state index in [1.54, 1.807) is 29.9 Å². The van der Waals surface area contributed by atoms with Gasteiger partial charge in [0.15, 0.2) is 0 Å². The summed E-state index contributed by atoms with van der Waals surface area (Å²) in [5.41, 5.74) is 1.33. The summed E-state index contributed by atoms with van der Waals surface area (Å²) in [7, 11) is 5.40. The van der Waals surface area contributed by atoms with Gasteiger partial charge in [0, 0.05) is 46.5 Å². The van der Waals surface area contributed by atoms with Gasteiger partial charge in [0.1, 0.15) is 0 Å². The van der Waals surface area contributed by atoms with E-state index in [-0.39, 0.29) is 17.7 Å². The van der Waals surface area contributed by atoms with Gasteiger partial charge in [-0.25, -0.2) is 0 Å². The summed E-state index contributed by atoms with van der Waals surface area (Å²) < 4.78 is 1.64. The zero-order valence-corrected chi connectivity index (χ0v) is 13.1. The van der Waals surface area contributed by atoms with Crippen LogP contribution in [0.4, 0.5) is 0 Å². The van der Waals surface area contributed by atoms with E-state index in [2.05, 4.69) is 15.3 Å². The summed E-state index contributed by atoms with van der Waals surface area (Å²) in [4.78, 5) is 28.5. The van der Waals surface area contributed by atoms with Gasteiger partial charge in [-0.2, -0.15) is 5.10 Å². The Morgan fingerprint density at radius 2 is 2.00 bits per heavy atom. The molecule has 0 spiro atoms. The summed E-state index contributed by atoms with van der Waals surface area (Å²) in [5, 5.41) is 6.89. The molecule has 1 aliphatic heterocycles. The maximum absolute atomic E-state index is 12.7. The van der Waals surface area contributed by atoms with Crippen LogP contribution in [0.15, 0.2) is 6.20 Å². The van der Waals surface area contributed by atoms with E-state index in [9.17, 15) is 9.59 Å². The molecule has 1 aromatic rings. The molecule has 1 unspecified atom stereocenters. The van der Waals surface area contributed by atoms with Crippen LogP contribution in [0.2, 0.25) is 0 Å². The van der Waals surface area contributed by atoms with Crippen LogP contribution in [0.3, 0.4) is 0 Å². The number of carbonyl (C=O) groups is 2. The van der Waals surface area contributed by atoms with Gasteiger partial charge in [0.05, 0.1) is 17.2 Å².